The summed E-state index contributed by atoms with van der Waals surface area (Å²) in [6.45, 7) is 4.38. The molecule has 0 aliphatic rings. The molecule has 0 aliphatic carbocycles. The fourth-order valence-electron chi connectivity index (χ4n) is 1.54. The number of hydrogen-bond acceptors (Lipinski definition) is 4. The van der Waals surface area contributed by atoms with Gasteiger partial charge in [-0.1, -0.05) is 24.4 Å². The van der Waals surface area contributed by atoms with Crippen LogP contribution in [-0.2, 0) is 21.2 Å². The number of benzene rings is 1. The molecule has 7 heteroatoms. The molecule has 0 spiro atoms. The summed E-state index contributed by atoms with van der Waals surface area (Å²) in [4.78, 5) is 0.596. The minimum absolute atomic E-state index is 0.0823. The summed E-state index contributed by atoms with van der Waals surface area (Å²) in [5.41, 5.74) is 6.33. The summed E-state index contributed by atoms with van der Waals surface area (Å²) in [7, 11) is -3.50. The Hall–Kier alpha value is -1.02. The highest BCUT2D eigenvalue weighted by Crippen LogP contribution is 2.11. The van der Waals surface area contributed by atoms with Crippen molar-refractivity contribution in [3.05, 3.63) is 29.8 Å². The van der Waals surface area contributed by atoms with Crippen LogP contribution >= 0.6 is 12.2 Å². The van der Waals surface area contributed by atoms with Crippen LogP contribution in [0.25, 0.3) is 0 Å². The van der Waals surface area contributed by atoms with E-state index < -0.39 is 10.0 Å². The lowest BCUT2D eigenvalue weighted by Gasteiger charge is -2.09. The second-order valence-corrected chi connectivity index (χ2v) is 6.90. The van der Waals surface area contributed by atoms with E-state index >= 15 is 0 Å². The average molecular weight is 316 g/mol. The maximum absolute atomic E-state index is 12.0. The Balaban J connectivity index is 2.61. The topological polar surface area (TPSA) is 81.4 Å². The number of ether oxygens (including phenoxy) is 1. The van der Waals surface area contributed by atoms with Crippen molar-refractivity contribution in [2.24, 2.45) is 5.73 Å². The van der Waals surface area contributed by atoms with Gasteiger partial charge in [-0.2, -0.15) is 0 Å². The Morgan fingerprint density at radius 2 is 1.95 bits per heavy atom. The average Bonchev–Trinajstić information content (AvgIpc) is 2.34. The fraction of sp³-hybridized carbons (Fsp3) is 0.462. The first-order valence-electron chi connectivity index (χ1n) is 6.30. The van der Waals surface area contributed by atoms with E-state index in [1.165, 1.54) is 0 Å². The molecule has 0 aromatic heterocycles. The van der Waals surface area contributed by atoms with E-state index in [4.69, 9.17) is 22.7 Å². The molecular formula is C13H20N2O3S2. The van der Waals surface area contributed by atoms with Gasteiger partial charge in [-0.15, -0.1) is 0 Å². The molecule has 0 saturated heterocycles. The summed E-state index contributed by atoms with van der Waals surface area (Å²) in [5, 5.41) is 0. The van der Waals surface area contributed by atoms with Crippen molar-refractivity contribution < 1.29 is 13.2 Å². The molecule has 0 aliphatic heterocycles. The number of hydrogen-bond donors (Lipinski definition) is 2. The van der Waals surface area contributed by atoms with Gasteiger partial charge in [0.1, 0.15) is 0 Å². The first-order chi connectivity index (χ1) is 9.31. The third kappa shape index (κ3) is 5.96. The lowest BCUT2D eigenvalue weighted by molar-refractivity contribution is 0.0834. The van der Waals surface area contributed by atoms with E-state index in [0.29, 0.717) is 18.0 Å². The lowest BCUT2D eigenvalue weighted by atomic mass is 10.1. The Morgan fingerprint density at radius 3 is 2.45 bits per heavy atom. The van der Waals surface area contributed by atoms with E-state index in [2.05, 4.69) is 4.72 Å². The van der Waals surface area contributed by atoms with Crippen molar-refractivity contribution in [3.63, 3.8) is 0 Å². The van der Waals surface area contributed by atoms with E-state index in [9.17, 15) is 8.42 Å². The first-order valence-corrected chi connectivity index (χ1v) is 8.19. The number of thiocarbonyl (C=S) groups is 1. The minimum atomic E-state index is -3.50. The summed E-state index contributed by atoms with van der Waals surface area (Å²) < 4.78 is 31.8. The third-order valence-electron chi connectivity index (χ3n) is 2.46. The maximum atomic E-state index is 12.0. The Morgan fingerprint density at radius 1 is 1.35 bits per heavy atom. The molecule has 0 fully saturated rings. The zero-order chi connectivity index (χ0) is 15.2. The molecule has 0 atom stereocenters. The highest BCUT2D eigenvalue weighted by molar-refractivity contribution is 7.89. The van der Waals surface area contributed by atoms with Gasteiger partial charge in [0.15, 0.2) is 0 Å². The summed E-state index contributed by atoms with van der Waals surface area (Å²) >= 11 is 4.81. The second kappa shape index (κ2) is 7.68. The Kier molecular flexibility index (Phi) is 6.54. The lowest BCUT2D eigenvalue weighted by Crippen LogP contribution is -2.28. The Bertz CT molecular complexity index is 539. The van der Waals surface area contributed by atoms with Crippen LogP contribution in [0, 0.1) is 0 Å². The zero-order valence-corrected chi connectivity index (χ0v) is 13.3. The summed E-state index contributed by atoms with van der Waals surface area (Å²) in [6.07, 6.45) is 0.546. The number of nitrogens with two attached hydrogens (primary N) is 1. The molecular weight excluding hydrogens is 296 g/mol. The van der Waals surface area contributed by atoms with Crippen molar-refractivity contribution in [2.45, 2.75) is 31.3 Å². The molecule has 0 amide bonds. The van der Waals surface area contributed by atoms with Gasteiger partial charge in [0.25, 0.3) is 0 Å². The van der Waals surface area contributed by atoms with Crippen molar-refractivity contribution in [2.75, 3.05) is 13.2 Å². The van der Waals surface area contributed by atoms with Crippen LogP contribution in [0.3, 0.4) is 0 Å². The molecule has 1 aromatic rings. The molecule has 0 radical (unpaired) electrons. The van der Waals surface area contributed by atoms with Crippen LogP contribution in [0.5, 0.6) is 0 Å². The number of sulfonamides is 1. The zero-order valence-electron chi connectivity index (χ0n) is 11.6. The molecule has 112 valence electrons. The van der Waals surface area contributed by atoms with Crippen LogP contribution in [0.1, 0.15) is 19.4 Å². The van der Waals surface area contributed by atoms with E-state index in [1.54, 1.807) is 24.3 Å². The molecule has 5 nitrogen and oxygen atoms in total. The van der Waals surface area contributed by atoms with E-state index in [1.807, 2.05) is 13.8 Å². The molecule has 0 bridgehead atoms. The van der Waals surface area contributed by atoms with Gasteiger partial charge in [-0.05, 0) is 31.5 Å². The van der Waals surface area contributed by atoms with Gasteiger partial charge in [-0.3, -0.25) is 0 Å². The molecule has 0 saturated carbocycles. The van der Waals surface area contributed by atoms with Gasteiger partial charge < -0.3 is 10.5 Å². The third-order valence-corrected chi connectivity index (χ3v) is 4.08. The predicted molar refractivity (Wildman–Crippen MR) is 83.2 cm³/mol. The molecule has 1 aromatic carbocycles. The first kappa shape index (κ1) is 17.0. The Labute approximate surface area is 125 Å². The predicted octanol–water partition coefficient (Wildman–Crippen LogP) is 1.22. The fourth-order valence-corrected chi connectivity index (χ4v) is 2.72. The van der Waals surface area contributed by atoms with Crippen molar-refractivity contribution in [1.29, 1.82) is 0 Å². The molecule has 0 heterocycles. The maximum Gasteiger partial charge on any atom is 0.240 e. The van der Waals surface area contributed by atoms with Crippen LogP contribution in [-0.4, -0.2) is 32.7 Å². The smallest absolute Gasteiger partial charge is 0.240 e. The highest BCUT2D eigenvalue weighted by Gasteiger charge is 2.13. The number of rotatable bonds is 8. The highest BCUT2D eigenvalue weighted by atomic mass is 32.2. The normalized spacial score (nSPS) is 11.8. The van der Waals surface area contributed by atoms with E-state index in [-0.39, 0.29) is 17.5 Å². The van der Waals surface area contributed by atoms with Crippen LogP contribution < -0.4 is 10.5 Å². The second-order valence-electron chi connectivity index (χ2n) is 4.60. The number of nitrogens with one attached hydrogen (secondary N) is 1. The van der Waals surface area contributed by atoms with Gasteiger partial charge in [0.05, 0.1) is 22.6 Å². The van der Waals surface area contributed by atoms with E-state index in [0.717, 1.165) is 5.56 Å². The molecule has 20 heavy (non-hydrogen) atoms. The minimum Gasteiger partial charge on any atom is -0.393 e. The molecule has 1 rings (SSSR count). The monoisotopic (exact) mass is 316 g/mol. The van der Waals surface area contributed by atoms with Crippen molar-refractivity contribution in [1.82, 2.24) is 4.72 Å². The SMILES string of the molecule is CC(C)OCCNS(=O)(=O)c1ccc(CC(N)=S)cc1. The van der Waals surface area contributed by atoms with Crippen molar-refractivity contribution in [3.8, 4) is 0 Å². The van der Waals surface area contributed by atoms with Crippen LogP contribution in [0.4, 0.5) is 0 Å². The van der Waals surface area contributed by atoms with Gasteiger partial charge in [0, 0.05) is 13.0 Å². The quantitative estimate of drug-likeness (QED) is 0.557. The van der Waals surface area contributed by atoms with Gasteiger partial charge >= 0.3 is 0 Å². The summed E-state index contributed by atoms with van der Waals surface area (Å²) in [5.74, 6) is 0. The van der Waals surface area contributed by atoms with Gasteiger partial charge in [0.2, 0.25) is 10.0 Å². The van der Waals surface area contributed by atoms with Crippen LogP contribution in [0.2, 0.25) is 0 Å². The summed E-state index contributed by atoms with van der Waals surface area (Å²) in [6, 6.07) is 6.50. The standard InChI is InChI=1S/C13H20N2O3S2/c1-10(2)18-8-7-15-20(16,17)12-5-3-11(4-6-12)9-13(14)19/h3-6,10,15H,7-9H2,1-2H3,(H2,14,19). The largest absolute Gasteiger partial charge is 0.393 e. The molecule has 0 unspecified atom stereocenters. The van der Waals surface area contributed by atoms with Gasteiger partial charge in [-0.25, -0.2) is 13.1 Å². The van der Waals surface area contributed by atoms with Crippen LogP contribution in [0.15, 0.2) is 29.2 Å². The van der Waals surface area contributed by atoms with Crippen molar-refractivity contribution >= 4 is 27.2 Å². The molecule has 3 N–H and O–H groups in total.